The molecule has 3 N–H and O–H groups in total. The van der Waals surface area contributed by atoms with Crippen LogP contribution in [0.15, 0.2) is 0 Å². The summed E-state index contributed by atoms with van der Waals surface area (Å²) >= 11 is 0. The van der Waals surface area contributed by atoms with Crippen LogP contribution < -0.4 is 5.32 Å². The van der Waals surface area contributed by atoms with Crippen LogP contribution in [-0.2, 0) is 4.79 Å². The Morgan fingerprint density at radius 1 is 1.05 bits per heavy atom. The molecule has 0 bridgehead atoms. The van der Waals surface area contributed by atoms with Crippen molar-refractivity contribution in [3.63, 3.8) is 0 Å². The quantitative estimate of drug-likeness (QED) is 0.696. The van der Waals surface area contributed by atoms with Gasteiger partial charge in [-0.1, -0.05) is 12.8 Å². The number of carbonyl (C=O) groups is 2. The van der Waals surface area contributed by atoms with Crippen molar-refractivity contribution in [2.45, 2.75) is 63.1 Å². The maximum absolute atomic E-state index is 12.2. The molecule has 0 aromatic heterocycles. The number of hydrogen-bond acceptors (Lipinski definition) is 3. The van der Waals surface area contributed by atoms with Crippen molar-refractivity contribution >= 4 is 12.0 Å². The number of piperidine rings is 1. The highest BCUT2D eigenvalue weighted by Crippen LogP contribution is 2.21. The Balaban J connectivity index is 1.95. The predicted molar refractivity (Wildman–Crippen MR) is 68.8 cm³/mol. The van der Waals surface area contributed by atoms with Crippen molar-refractivity contribution < 1.29 is 19.8 Å². The van der Waals surface area contributed by atoms with Crippen LogP contribution in [-0.4, -0.2) is 51.8 Å². The smallest absolute Gasteiger partial charge is 0.326 e. The van der Waals surface area contributed by atoms with Crippen LogP contribution in [0, 0.1) is 0 Å². The molecule has 2 rings (SSSR count). The second kappa shape index (κ2) is 6.23. The van der Waals surface area contributed by atoms with Gasteiger partial charge in [-0.3, -0.25) is 0 Å². The van der Waals surface area contributed by atoms with Crippen molar-refractivity contribution in [3.05, 3.63) is 0 Å². The van der Waals surface area contributed by atoms with Crippen molar-refractivity contribution in [3.8, 4) is 0 Å². The van der Waals surface area contributed by atoms with Gasteiger partial charge in [-0.05, 0) is 32.1 Å². The summed E-state index contributed by atoms with van der Waals surface area (Å²) in [5.74, 6) is -0.945. The van der Waals surface area contributed by atoms with Gasteiger partial charge in [-0.25, -0.2) is 9.59 Å². The summed E-state index contributed by atoms with van der Waals surface area (Å²) in [5.41, 5.74) is 0. The number of nitrogens with one attached hydrogen (secondary N) is 1. The van der Waals surface area contributed by atoms with E-state index in [0.717, 1.165) is 32.1 Å². The van der Waals surface area contributed by atoms with Gasteiger partial charge >= 0.3 is 12.0 Å². The number of aliphatic carboxylic acids is 1. The molecule has 0 radical (unpaired) electrons. The van der Waals surface area contributed by atoms with Crippen molar-refractivity contribution in [1.82, 2.24) is 10.2 Å². The molecule has 3 atom stereocenters. The first-order valence-electron chi connectivity index (χ1n) is 7.07. The second-order valence-electron chi connectivity index (χ2n) is 5.45. The average molecular weight is 270 g/mol. The highest BCUT2D eigenvalue weighted by atomic mass is 16.4. The Hall–Kier alpha value is -1.30. The third-order valence-electron chi connectivity index (χ3n) is 4.09. The number of carbonyl (C=O) groups excluding carboxylic acids is 1. The van der Waals surface area contributed by atoms with E-state index < -0.39 is 18.1 Å². The molecule has 1 heterocycles. The number of aliphatic hydroxyl groups excluding tert-OH is 1. The van der Waals surface area contributed by atoms with E-state index in [1.807, 2.05) is 0 Å². The van der Waals surface area contributed by atoms with Crippen LogP contribution in [0.4, 0.5) is 4.79 Å². The van der Waals surface area contributed by atoms with Crippen molar-refractivity contribution in [1.29, 1.82) is 0 Å². The molecular weight excluding hydrogens is 248 g/mol. The first kappa shape index (κ1) is 14.1. The number of amides is 2. The molecule has 1 saturated carbocycles. The Kier molecular flexibility index (Phi) is 4.63. The number of aliphatic hydroxyl groups is 1. The maximum Gasteiger partial charge on any atom is 0.326 e. The number of carboxylic acids is 1. The van der Waals surface area contributed by atoms with E-state index in [9.17, 15) is 14.7 Å². The fraction of sp³-hybridized carbons (Fsp3) is 0.846. The van der Waals surface area contributed by atoms with Gasteiger partial charge in [-0.15, -0.1) is 0 Å². The van der Waals surface area contributed by atoms with E-state index in [4.69, 9.17) is 5.11 Å². The third-order valence-corrected chi connectivity index (χ3v) is 4.09. The van der Waals surface area contributed by atoms with E-state index in [2.05, 4.69) is 5.32 Å². The lowest BCUT2D eigenvalue weighted by atomic mass is 9.92. The molecule has 6 nitrogen and oxygen atoms in total. The Morgan fingerprint density at radius 3 is 2.42 bits per heavy atom. The number of nitrogens with zero attached hydrogens (tertiary/aromatic N) is 1. The Morgan fingerprint density at radius 2 is 1.74 bits per heavy atom. The largest absolute Gasteiger partial charge is 0.480 e. The van der Waals surface area contributed by atoms with Gasteiger partial charge in [0.1, 0.15) is 6.04 Å². The number of carboxylic acid groups (broad SMARTS) is 1. The summed E-state index contributed by atoms with van der Waals surface area (Å²) < 4.78 is 0. The van der Waals surface area contributed by atoms with E-state index in [0.29, 0.717) is 19.4 Å². The van der Waals surface area contributed by atoms with Crippen molar-refractivity contribution in [2.75, 3.05) is 6.54 Å². The first-order valence-corrected chi connectivity index (χ1v) is 7.07. The second-order valence-corrected chi connectivity index (χ2v) is 5.45. The molecule has 3 unspecified atom stereocenters. The lowest BCUT2D eigenvalue weighted by Gasteiger charge is -2.36. The molecule has 6 heteroatoms. The van der Waals surface area contributed by atoms with Crippen LogP contribution in [0.25, 0.3) is 0 Å². The summed E-state index contributed by atoms with van der Waals surface area (Å²) in [6, 6.07) is -1.31. The average Bonchev–Trinajstić information content (AvgIpc) is 2.41. The molecule has 1 aliphatic heterocycles. The van der Waals surface area contributed by atoms with Gasteiger partial charge in [0.05, 0.1) is 12.1 Å². The number of rotatable bonds is 2. The summed E-state index contributed by atoms with van der Waals surface area (Å²) in [6.45, 7) is 0.478. The van der Waals surface area contributed by atoms with Crippen LogP contribution in [0.1, 0.15) is 44.9 Å². The normalized spacial score (nSPS) is 31.8. The number of hydrogen-bond donors (Lipinski definition) is 3. The standard InChI is InChI=1S/C13H22N2O4/c16-11-7-2-1-5-9(11)14-13(19)15-8-4-3-6-10(15)12(17)18/h9-11,16H,1-8H2,(H,14,19)(H,17,18). The molecule has 0 spiro atoms. The first-order chi connectivity index (χ1) is 9.09. The van der Waals surface area contributed by atoms with E-state index in [-0.39, 0.29) is 12.1 Å². The van der Waals surface area contributed by atoms with Crippen LogP contribution in [0.5, 0.6) is 0 Å². The highest BCUT2D eigenvalue weighted by molar-refractivity contribution is 5.83. The minimum Gasteiger partial charge on any atom is -0.480 e. The minimum absolute atomic E-state index is 0.238. The Bertz CT molecular complexity index is 348. The van der Waals surface area contributed by atoms with Gasteiger partial charge in [0.15, 0.2) is 0 Å². The summed E-state index contributed by atoms with van der Waals surface area (Å²) in [4.78, 5) is 24.7. The lowest BCUT2D eigenvalue weighted by Crippen LogP contribution is -2.56. The van der Waals surface area contributed by atoms with Gasteiger partial charge in [0.25, 0.3) is 0 Å². The summed E-state index contributed by atoms with van der Waals surface area (Å²) in [7, 11) is 0. The molecule has 2 aliphatic rings. The molecule has 108 valence electrons. The monoisotopic (exact) mass is 270 g/mol. The number of urea groups is 1. The predicted octanol–water partition coefficient (Wildman–Crippen LogP) is 0.939. The zero-order valence-electron chi connectivity index (χ0n) is 11.0. The van der Waals surface area contributed by atoms with Gasteiger partial charge in [0, 0.05) is 6.54 Å². The number of likely N-dealkylation sites (tertiary alicyclic amines) is 1. The highest BCUT2D eigenvalue weighted by Gasteiger charge is 2.34. The van der Waals surface area contributed by atoms with E-state index in [1.54, 1.807) is 0 Å². The third kappa shape index (κ3) is 3.37. The minimum atomic E-state index is -0.945. The molecule has 1 saturated heterocycles. The molecule has 1 aliphatic carbocycles. The fourth-order valence-electron chi connectivity index (χ4n) is 2.95. The zero-order chi connectivity index (χ0) is 13.8. The van der Waals surface area contributed by atoms with E-state index >= 15 is 0 Å². The summed E-state index contributed by atoms with van der Waals surface area (Å²) in [6.07, 6.45) is 5.11. The zero-order valence-corrected chi connectivity index (χ0v) is 11.0. The van der Waals surface area contributed by atoms with Crippen molar-refractivity contribution in [2.24, 2.45) is 0 Å². The fourth-order valence-corrected chi connectivity index (χ4v) is 2.95. The van der Waals surface area contributed by atoms with Crippen LogP contribution >= 0.6 is 0 Å². The molecular formula is C13H22N2O4. The van der Waals surface area contributed by atoms with Crippen LogP contribution in [0.3, 0.4) is 0 Å². The lowest BCUT2D eigenvalue weighted by molar-refractivity contribution is -0.143. The van der Waals surface area contributed by atoms with Gasteiger partial charge in [0.2, 0.25) is 0 Å². The molecule has 0 aromatic rings. The summed E-state index contributed by atoms with van der Waals surface area (Å²) in [5, 5.41) is 21.8. The van der Waals surface area contributed by atoms with Crippen LogP contribution in [0.2, 0.25) is 0 Å². The molecule has 2 fully saturated rings. The SMILES string of the molecule is O=C(O)C1CCCCN1C(=O)NC1CCCCC1O. The molecule has 0 aromatic carbocycles. The van der Waals surface area contributed by atoms with Gasteiger partial charge in [-0.2, -0.15) is 0 Å². The van der Waals surface area contributed by atoms with Gasteiger partial charge < -0.3 is 20.4 Å². The maximum atomic E-state index is 12.2. The topological polar surface area (TPSA) is 89.9 Å². The Labute approximate surface area is 112 Å². The molecule has 2 amide bonds. The molecule has 19 heavy (non-hydrogen) atoms. The van der Waals surface area contributed by atoms with E-state index in [1.165, 1.54) is 4.90 Å².